The van der Waals surface area contributed by atoms with Gasteiger partial charge in [0.25, 0.3) is 0 Å². The molecule has 9 nitrogen and oxygen atoms in total. The van der Waals surface area contributed by atoms with E-state index >= 15 is 0 Å². The SMILES string of the molecule is COc1ccccc1-n1ncc2c(C)nnc(SCC(=O)NCc3ccc4c(c3)OCO4)c21. The van der Waals surface area contributed by atoms with Gasteiger partial charge in [0.1, 0.15) is 22.0 Å². The Bertz CT molecular complexity index is 1340. The zero-order chi connectivity index (χ0) is 22.8. The summed E-state index contributed by atoms with van der Waals surface area (Å²) >= 11 is 1.32. The monoisotopic (exact) mass is 463 g/mol. The van der Waals surface area contributed by atoms with Crippen LogP contribution in [0, 0.1) is 6.92 Å². The third kappa shape index (κ3) is 4.17. The van der Waals surface area contributed by atoms with Crippen LogP contribution in [-0.4, -0.2) is 45.5 Å². The summed E-state index contributed by atoms with van der Waals surface area (Å²) in [6.45, 7) is 2.50. The summed E-state index contributed by atoms with van der Waals surface area (Å²) in [5, 5.41) is 17.6. The molecule has 168 valence electrons. The Morgan fingerprint density at radius 1 is 1.18 bits per heavy atom. The maximum Gasteiger partial charge on any atom is 0.231 e. The van der Waals surface area contributed by atoms with Crippen LogP contribution in [0.15, 0.2) is 53.7 Å². The van der Waals surface area contributed by atoms with E-state index in [4.69, 9.17) is 14.2 Å². The Hall–Kier alpha value is -3.79. The van der Waals surface area contributed by atoms with E-state index in [1.807, 2.05) is 49.4 Å². The molecule has 0 bridgehead atoms. The van der Waals surface area contributed by atoms with Crippen molar-refractivity contribution in [1.82, 2.24) is 25.3 Å². The zero-order valence-electron chi connectivity index (χ0n) is 18.1. The predicted octanol–water partition coefficient (Wildman–Crippen LogP) is 3.27. The van der Waals surface area contributed by atoms with E-state index < -0.39 is 0 Å². The molecule has 2 aromatic heterocycles. The van der Waals surface area contributed by atoms with Gasteiger partial charge in [-0.15, -0.1) is 5.10 Å². The minimum atomic E-state index is -0.114. The number of rotatable bonds is 7. The van der Waals surface area contributed by atoms with Crippen LogP contribution < -0.4 is 19.5 Å². The van der Waals surface area contributed by atoms with E-state index in [1.165, 1.54) is 11.8 Å². The van der Waals surface area contributed by atoms with Crippen LogP contribution in [-0.2, 0) is 11.3 Å². The third-order valence-electron chi connectivity index (χ3n) is 5.23. The Morgan fingerprint density at radius 3 is 2.91 bits per heavy atom. The van der Waals surface area contributed by atoms with Crippen molar-refractivity contribution in [2.45, 2.75) is 18.5 Å². The molecule has 0 saturated heterocycles. The number of aromatic nitrogens is 4. The number of ether oxygens (including phenoxy) is 3. The quantitative estimate of drug-likeness (QED) is 0.417. The van der Waals surface area contributed by atoms with Crippen LogP contribution in [0.2, 0.25) is 0 Å². The normalized spacial score (nSPS) is 12.2. The molecule has 0 unspecified atom stereocenters. The lowest BCUT2D eigenvalue weighted by Gasteiger charge is -2.11. The van der Waals surface area contributed by atoms with Gasteiger partial charge in [-0.25, -0.2) is 4.68 Å². The lowest BCUT2D eigenvalue weighted by Crippen LogP contribution is -2.24. The summed E-state index contributed by atoms with van der Waals surface area (Å²) in [6, 6.07) is 13.2. The van der Waals surface area contributed by atoms with Gasteiger partial charge in [-0.3, -0.25) is 4.79 Å². The fourth-order valence-electron chi connectivity index (χ4n) is 3.56. The van der Waals surface area contributed by atoms with Gasteiger partial charge in [-0.05, 0) is 36.8 Å². The number of amides is 1. The largest absolute Gasteiger partial charge is 0.494 e. The maximum atomic E-state index is 12.5. The minimum absolute atomic E-state index is 0.114. The highest BCUT2D eigenvalue weighted by atomic mass is 32.2. The number of benzene rings is 2. The molecule has 10 heteroatoms. The van der Waals surface area contributed by atoms with Crippen molar-refractivity contribution in [3.8, 4) is 22.9 Å². The minimum Gasteiger partial charge on any atom is -0.494 e. The van der Waals surface area contributed by atoms with Crippen LogP contribution >= 0.6 is 11.8 Å². The van der Waals surface area contributed by atoms with E-state index in [-0.39, 0.29) is 18.5 Å². The molecule has 0 aliphatic carbocycles. The maximum absolute atomic E-state index is 12.5. The number of nitrogens with one attached hydrogen (secondary N) is 1. The smallest absolute Gasteiger partial charge is 0.231 e. The third-order valence-corrected chi connectivity index (χ3v) is 6.19. The highest BCUT2D eigenvalue weighted by Crippen LogP contribution is 2.33. The summed E-state index contributed by atoms with van der Waals surface area (Å²) < 4.78 is 18.0. The molecule has 0 fully saturated rings. The van der Waals surface area contributed by atoms with Gasteiger partial charge in [-0.1, -0.05) is 30.0 Å². The first kappa shape index (κ1) is 21.1. The number of aryl methyl sites for hydroxylation is 1. The molecule has 1 aliphatic rings. The summed E-state index contributed by atoms with van der Waals surface area (Å²) in [6.07, 6.45) is 1.76. The average Bonchev–Trinajstić information content (AvgIpc) is 3.50. The molecule has 5 rings (SSSR count). The molecule has 1 amide bonds. The van der Waals surface area contributed by atoms with Crippen molar-refractivity contribution in [1.29, 1.82) is 0 Å². The molecular weight excluding hydrogens is 442 g/mol. The zero-order valence-corrected chi connectivity index (χ0v) is 18.9. The Labute approximate surface area is 194 Å². The molecule has 0 spiro atoms. The fraction of sp³-hybridized carbons (Fsp3) is 0.217. The molecular formula is C23H21N5O4S. The van der Waals surface area contributed by atoms with Crippen molar-refractivity contribution in [3.63, 3.8) is 0 Å². The van der Waals surface area contributed by atoms with Crippen LogP contribution in [0.4, 0.5) is 0 Å². The van der Waals surface area contributed by atoms with Crippen LogP contribution in [0.5, 0.6) is 17.2 Å². The highest BCUT2D eigenvalue weighted by Gasteiger charge is 2.18. The molecule has 0 saturated carbocycles. The van der Waals surface area contributed by atoms with Gasteiger partial charge in [0.05, 0.1) is 24.8 Å². The second kappa shape index (κ2) is 8.99. The first-order valence-electron chi connectivity index (χ1n) is 10.3. The summed E-state index contributed by atoms with van der Waals surface area (Å²) in [4.78, 5) is 12.5. The molecule has 4 aromatic rings. The van der Waals surface area contributed by atoms with Crippen molar-refractivity contribution in [3.05, 3.63) is 59.9 Å². The molecule has 1 N–H and O–H groups in total. The number of hydrogen-bond donors (Lipinski definition) is 1. The average molecular weight is 464 g/mol. The van der Waals surface area contributed by atoms with Gasteiger partial charge >= 0.3 is 0 Å². The van der Waals surface area contributed by atoms with E-state index in [0.717, 1.165) is 27.8 Å². The topological polar surface area (TPSA) is 100 Å². The van der Waals surface area contributed by atoms with Gasteiger partial charge in [0.2, 0.25) is 12.7 Å². The summed E-state index contributed by atoms with van der Waals surface area (Å²) in [7, 11) is 1.62. The number of para-hydroxylation sites is 2. The van der Waals surface area contributed by atoms with Crippen molar-refractivity contribution in [2.75, 3.05) is 19.7 Å². The van der Waals surface area contributed by atoms with Gasteiger partial charge in [0, 0.05) is 11.9 Å². The lowest BCUT2D eigenvalue weighted by atomic mass is 10.2. The predicted molar refractivity (Wildman–Crippen MR) is 123 cm³/mol. The number of thioether (sulfide) groups is 1. The number of nitrogens with zero attached hydrogens (tertiary/aromatic N) is 4. The highest BCUT2D eigenvalue weighted by molar-refractivity contribution is 8.00. The van der Waals surface area contributed by atoms with E-state index in [0.29, 0.717) is 28.8 Å². The molecule has 3 heterocycles. The standard InChI is InChI=1S/C23H21N5O4S/c1-14-16-11-25-28(17-5-3-4-6-18(17)30-2)22(16)23(27-26-14)33-12-21(29)24-10-15-7-8-19-20(9-15)32-13-31-19/h3-9,11H,10,12-13H2,1-2H3,(H,24,29). The summed E-state index contributed by atoms with van der Waals surface area (Å²) in [5.74, 6) is 2.17. The molecule has 0 atom stereocenters. The Balaban J connectivity index is 1.33. The fourth-order valence-corrected chi connectivity index (χ4v) is 4.36. The van der Waals surface area contributed by atoms with Gasteiger partial charge < -0.3 is 19.5 Å². The number of carbonyl (C=O) groups excluding carboxylic acids is 1. The van der Waals surface area contributed by atoms with Crippen molar-refractivity contribution < 1.29 is 19.0 Å². The van der Waals surface area contributed by atoms with E-state index in [2.05, 4.69) is 20.6 Å². The van der Waals surface area contributed by atoms with Crippen LogP contribution in [0.25, 0.3) is 16.6 Å². The molecule has 0 radical (unpaired) electrons. The second-order valence-electron chi connectivity index (χ2n) is 7.33. The first-order valence-corrected chi connectivity index (χ1v) is 11.2. The molecule has 33 heavy (non-hydrogen) atoms. The van der Waals surface area contributed by atoms with Crippen LogP contribution in [0.3, 0.4) is 0 Å². The molecule has 1 aliphatic heterocycles. The number of methoxy groups -OCH3 is 1. The summed E-state index contributed by atoms with van der Waals surface area (Å²) in [5.41, 5.74) is 3.28. The second-order valence-corrected chi connectivity index (χ2v) is 8.30. The molecule has 2 aromatic carbocycles. The van der Waals surface area contributed by atoms with E-state index in [9.17, 15) is 4.79 Å². The van der Waals surface area contributed by atoms with Gasteiger partial charge in [0.15, 0.2) is 11.5 Å². The van der Waals surface area contributed by atoms with E-state index in [1.54, 1.807) is 18.0 Å². The Kier molecular flexibility index (Phi) is 5.74. The van der Waals surface area contributed by atoms with Crippen molar-refractivity contribution >= 4 is 28.6 Å². The van der Waals surface area contributed by atoms with Gasteiger partial charge in [-0.2, -0.15) is 10.2 Å². The Morgan fingerprint density at radius 2 is 2.03 bits per heavy atom. The number of fused-ring (bicyclic) bond motifs is 2. The number of hydrogen-bond acceptors (Lipinski definition) is 8. The van der Waals surface area contributed by atoms with Crippen molar-refractivity contribution in [2.24, 2.45) is 0 Å². The lowest BCUT2D eigenvalue weighted by molar-refractivity contribution is -0.118. The van der Waals surface area contributed by atoms with Crippen LogP contribution in [0.1, 0.15) is 11.3 Å². The number of carbonyl (C=O) groups is 1. The first-order chi connectivity index (χ1) is 16.1.